The third-order valence-electron chi connectivity index (χ3n) is 4.16. The number of nitrogens with zero attached hydrogens (tertiary/aromatic N) is 3. The maximum Gasteiger partial charge on any atom is 0.328 e. The van der Waals surface area contributed by atoms with E-state index in [9.17, 15) is 4.79 Å². The van der Waals surface area contributed by atoms with Gasteiger partial charge < -0.3 is 9.15 Å². The number of hydrogen-bond acceptors (Lipinski definition) is 4. The van der Waals surface area contributed by atoms with Gasteiger partial charge in [0.05, 0.1) is 17.2 Å². The second-order valence-electron chi connectivity index (χ2n) is 5.77. The fraction of sp³-hybridized carbons (Fsp3) is 0.375. The Hall–Kier alpha value is -2.50. The predicted octanol–water partition coefficient (Wildman–Crippen LogP) is 2.32. The molecule has 0 saturated heterocycles. The smallest absolute Gasteiger partial charge is 0.328 e. The lowest BCUT2D eigenvalue weighted by Gasteiger charge is -2.04. The maximum atomic E-state index is 11.9. The van der Waals surface area contributed by atoms with E-state index in [2.05, 4.69) is 4.98 Å². The van der Waals surface area contributed by atoms with Crippen molar-refractivity contribution >= 4 is 11.0 Å². The maximum absolute atomic E-state index is 11.9. The van der Waals surface area contributed by atoms with E-state index in [4.69, 9.17) is 9.15 Å². The molecule has 0 atom stereocenters. The largest absolute Gasteiger partial charge is 0.484 e. The van der Waals surface area contributed by atoms with Gasteiger partial charge in [-0.1, -0.05) is 0 Å². The SMILES string of the molecule is Cn1c(=O)n(C)c2cc(OCc3ncc(C4CC4)o3)ccc21. The number of rotatable bonds is 4. The monoisotopic (exact) mass is 299 g/mol. The molecule has 0 N–H and O–H groups in total. The molecule has 2 aromatic heterocycles. The molecule has 1 fully saturated rings. The highest BCUT2D eigenvalue weighted by Gasteiger charge is 2.27. The second kappa shape index (κ2) is 4.76. The van der Waals surface area contributed by atoms with E-state index in [-0.39, 0.29) is 5.69 Å². The van der Waals surface area contributed by atoms with Gasteiger partial charge in [-0.3, -0.25) is 9.13 Å². The van der Waals surface area contributed by atoms with Crippen molar-refractivity contribution in [2.45, 2.75) is 25.4 Å². The van der Waals surface area contributed by atoms with Crippen LogP contribution in [0.1, 0.15) is 30.4 Å². The predicted molar refractivity (Wildman–Crippen MR) is 81.0 cm³/mol. The lowest BCUT2D eigenvalue weighted by atomic mass is 10.3. The molecule has 0 amide bonds. The van der Waals surface area contributed by atoms with Gasteiger partial charge in [0.15, 0.2) is 6.61 Å². The Morgan fingerprint density at radius 2 is 2.05 bits per heavy atom. The highest BCUT2D eigenvalue weighted by Crippen LogP contribution is 2.40. The summed E-state index contributed by atoms with van der Waals surface area (Å²) in [5, 5.41) is 0. The number of oxazole rings is 1. The average Bonchev–Trinajstić information content (AvgIpc) is 3.24. The Kier molecular flexibility index (Phi) is 2.85. The van der Waals surface area contributed by atoms with Crippen LogP contribution in [0.5, 0.6) is 5.75 Å². The summed E-state index contributed by atoms with van der Waals surface area (Å²) < 4.78 is 14.6. The number of hydrogen-bond donors (Lipinski definition) is 0. The Morgan fingerprint density at radius 1 is 1.27 bits per heavy atom. The molecule has 2 heterocycles. The molecule has 3 aromatic rings. The van der Waals surface area contributed by atoms with Crippen molar-refractivity contribution < 1.29 is 9.15 Å². The summed E-state index contributed by atoms with van der Waals surface area (Å²) in [6.45, 7) is 0.291. The van der Waals surface area contributed by atoms with Crippen molar-refractivity contribution in [2.75, 3.05) is 0 Å². The zero-order valence-corrected chi connectivity index (χ0v) is 12.6. The fourth-order valence-corrected chi connectivity index (χ4v) is 2.67. The van der Waals surface area contributed by atoms with E-state index in [0.717, 1.165) is 16.8 Å². The molecule has 22 heavy (non-hydrogen) atoms. The summed E-state index contributed by atoms with van der Waals surface area (Å²) in [7, 11) is 3.52. The lowest BCUT2D eigenvalue weighted by molar-refractivity contribution is 0.259. The zero-order valence-electron chi connectivity index (χ0n) is 12.6. The van der Waals surface area contributed by atoms with Crippen LogP contribution in [-0.2, 0) is 20.7 Å². The first-order chi connectivity index (χ1) is 10.6. The summed E-state index contributed by atoms with van der Waals surface area (Å²) >= 11 is 0. The Bertz CT molecular complexity index is 899. The Labute approximate surface area is 126 Å². The highest BCUT2D eigenvalue weighted by atomic mass is 16.5. The van der Waals surface area contributed by atoms with Crippen LogP contribution in [0.4, 0.5) is 0 Å². The van der Waals surface area contributed by atoms with Crippen LogP contribution < -0.4 is 10.4 Å². The molecular weight excluding hydrogens is 282 g/mol. The van der Waals surface area contributed by atoms with Crippen LogP contribution in [0.3, 0.4) is 0 Å². The molecule has 1 aliphatic rings. The molecule has 6 nitrogen and oxygen atoms in total. The fourth-order valence-electron chi connectivity index (χ4n) is 2.67. The van der Waals surface area contributed by atoms with E-state index in [1.54, 1.807) is 29.4 Å². The van der Waals surface area contributed by atoms with Crippen molar-refractivity contribution in [1.82, 2.24) is 14.1 Å². The van der Waals surface area contributed by atoms with Gasteiger partial charge in [-0.15, -0.1) is 0 Å². The van der Waals surface area contributed by atoms with Gasteiger partial charge in [-0.2, -0.15) is 0 Å². The van der Waals surface area contributed by atoms with E-state index >= 15 is 0 Å². The van der Waals surface area contributed by atoms with Gasteiger partial charge in [0.25, 0.3) is 0 Å². The Morgan fingerprint density at radius 3 is 2.82 bits per heavy atom. The van der Waals surface area contributed by atoms with Crippen LogP contribution in [0.2, 0.25) is 0 Å². The molecule has 0 bridgehead atoms. The van der Waals surface area contributed by atoms with Crippen molar-refractivity contribution in [2.24, 2.45) is 14.1 Å². The molecule has 6 heteroatoms. The van der Waals surface area contributed by atoms with Gasteiger partial charge >= 0.3 is 5.69 Å². The third-order valence-corrected chi connectivity index (χ3v) is 4.16. The first-order valence-electron chi connectivity index (χ1n) is 7.36. The lowest BCUT2D eigenvalue weighted by Crippen LogP contribution is -2.19. The molecule has 4 rings (SSSR count). The minimum absolute atomic E-state index is 0.0473. The van der Waals surface area contributed by atoms with Gasteiger partial charge in [0, 0.05) is 26.1 Å². The van der Waals surface area contributed by atoms with Crippen LogP contribution in [0, 0.1) is 0 Å². The summed E-state index contributed by atoms with van der Waals surface area (Å²) in [6.07, 6.45) is 4.17. The highest BCUT2D eigenvalue weighted by molar-refractivity contribution is 5.77. The van der Waals surface area contributed by atoms with Gasteiger partial charge in [-0.25, -0.2) is 9.78 Å². The summed E-state index contributed by atoms with van der Waals surface area (Å²) in [5.74, 6) is 2.79. The number of benzene rings is 1. The summed E-state index contributed by atoms with van der Waals surface area (Å²) in [5.41, 5.74) is 1.68. The zero-order chi connectivity index (χ0) is 15.3. The van der Waals surface area contributed by atoms with E-state index in [1.807, 2.05) is 18.2 Å². The molecule has 114 valence electrons. The van der Waals surface area contributed by atoms with Gasteiger partial charge in [0.2, 0.25) is 5.89 Å². The standard InChI is InChI=1S/C16H17N3O3/c1-18-12-6-5-11(7-13(12)19(2)16(18)20)21-9-15-17-8-14(22-15)10-3-4-10/h5-8,10H,3-4,9H2,1-2H3. The number of aryl methyl sites for hydroxylation is 2. The molecule has 0 spiro atoms. The van der Waals surface area contributed by atoms with Crippen LogP contribution in [0.25, 0.3) is 11.0 Å². The average molecular weight is 299 g/mol. The van der Waals surface area contributed by atoms with Crippen LogP contribution in [-0.4, -0.2) is 14.1 Å². The minimum atomic E-state index is -0.0473. The van der Waals surface area contributed by atoms with Crippen molar-refractivity contribution in [3.63, 3.8) is 0 Å². The molecule has 0 unspecified atom stereocenters. The molecule has 0 radical (unpaired) electrons. The number of aromatic nitrogens is 3. The topological polar surface area (TPSA) is 62.2 Å². The molecule has 1 aromatic carbocycles. The van der Waals surface area contributed by atoms with E-state index in [1.165, 1.54) is 12.8 Å². The van der Waals surface area contributed by atoms with Crippen LogP contribution in [0.15, 0.2) is 33.6 Å². The summed E-state index contributed by atoms with van der Waals surface area (Å²) in [4.78, 5) is 16.2. The molecule has 0 aliphatic heterocycles. The minimum Gasteiger partial charge on any atom is -0.484 e. The quantitative estimate of drug-likeness (QED) is 0.741. The first-order valence-corrected chi connectivity index (χ1v) is 7.36. The second-order valence-corrected chi connectivity index (χ2v) is 5.77. The Balaban J connectivity index is 1.55. The van der Waals surface area contributed by atoms with E-state index < -0.39 is 0 Å². The first kappa shape index (κ1) is 13.2. The normalized spacial score (nSPS) is 14.6. The molecule has 1 aliphatic carbocycles. The summed E-state index contributed by atoms with van der Waals surface area (Å²) in [6, 6.07) is 5.60. The van der Waals surface area contributed by atoms with Crippen molar-refractivity contribution in [3.05, 3.63) is 46.5 Å². The molecule has 1 saturated carbocycles. The van der Waals surface area contributed by atoms with Crippen molar-refractivity contribution in [1.29, 1.82) is 0 Å². The van der Waals surface area contributed by atoms with Crippen LogP contribution >= 0.6 is 0 Å². The van der Waals surface area contributed by atoms with Gasteiger partial charge in [0.1, 0.15) is 11.5 Å². The van der Waals surface area contributed by atoms with Gasteiger partial charge in [-0.05, 0) is 25.0 Å². The molecular formula is C16H17N3O3. The van der Waals surface area contributed by atoms with Crippen molar-refractivity contribution in [3.8, 4) is 5.75 Å². The third kappa shape index (κ3) is 2.11. The van der Waals surface area contributed by atoms with E-state index in [0.29, 0.717) is 24.2 Å². The number of ether oxygens (including phenoxy) is 1. The number of imidazole rings is 1. The number of fused-ring (bicyclic) bond motifs is 1.